The zero-order valence-corrected chi connectivity index (χ0v) is 12.9. The van der Waals surface area contributed by atoms with Crippen LogP contribution in [0.1, 0.15) is 17.5 Å². The van der Waals surface area contributed by atoms with Gasteiger partial charge in [-0.05, 0) is 63.8 Å². The summed E-state index contributed by atoms with van der Waals surface area (Å²) in [5.74, 6) is 0.868. The molecule has 0 saturated carbocycles. The van der Waals surface area contributed by atoms with Gasteiger partial charge in [-0.15, -0.1) is 0 Å². The van der Waals surface area contributed by atoms with Crippen molar-refractivity contribution in [3.8, 4) is 5.75 Å². The third kappa shape index (κ3) is 3.19. The number of fused-ring (bicyclic) bond motifs is 1. The maximum absolute atomic E-state index is 11.3. The number of carbonyl (C=O) groups is 1. The highest BCUT2D eigenvalue weighted by Crippen LogP contribution is 2.27. The number of nitrogens with one attached hydrogen (secondary N) is 1. The van der Waals surface area contributed by atoms with Gasteiger partial charge in [-0.1, -0.05) is 6.07 Å². The van der Waals surface area contributed by atoms with Crippen LogP contribution in [0, 0.1) is 0 Å². The van der Waals surface area contributed by atoms with Gasteiger partial charge in [0.2, 0.25) is 5.91 Å². The first-order valence-corrected chi connectivity index (χ1v) is 7.50. The molecule has 0 atom stereocenters. The van der Waals surface area contributed by atoms with Gasteiger partial charge in [0.15, 0.2) is 0 Å². The molecule has 1 aliphatic heterocycles. The number of halogens is 1. The first-order chi connectivity index (χ1) is 10.1. The molecule has 0 radical (unpaired) electrons. The smallest absolute Gasteiger partial charge is 0.224 e. The van der Waals surface area contributed by atoms with Gasteiger partial charge in [0, 0.05) is 22.3 Å². The van der Waals surface area contributed by atoms with Crippen molar-refractivity contribution in [1.29, 1.82) is 0 Å². The van der Waals surface area contributed by atoms with Gasteiger partial charge >= 0.3 is 0 Å². The maximum atomic E-state index is 11.3. The lowest BCUT2D eigenvalue weighted by Crippen LogP contribution is -2.18. The minimum atomic E-state index is 0.0708. The van der Waals surface area contributed by atoms with E-state index in [1.807, 2.05) is 36.4 Å². The van der Waals surface area contributed by atoms with E-state index in [2.05, 4.69) is 21.2 Å². The van der Waals surface area contributed by atoms with Crippen molar-refractivity contribution < 1.29 is 9.53 Å². The third-order valence-corrected chi connectivity index (χ3v) is 4.16. The maximum Gasteiger partial charge on any atom is 0.224 e. The zero-order valence-electron chi connectivity index (χ0n) is 11.4. The number of nitrogens with two attached hydrogens (primary N) is 1. The van der Waals surface area contributed by atoms with Crippen LogP contribution in [-0.4, -0.2) is 5.91 Å². The molecular weight excluding hydrogens is 332 g/mol. The van der Waals surface area contributed by atoms with Crippen LogP contribution in [0.3, 0.4) is 0 Å². The Hall–Kier alpha value is -2.01. The van der Waals surface area contributed by atoms with Gasteiger partial charge in [-0.3, -0.25) is 4.79 Å². The van der Waals surface area contributed by atoms with Crippen LogP contribution < -0.4 is 15.8 Å². The fraction of sp³-hybridized carbons (Fsp3) is 0.188. The van der Waals surface area contributed by atoms with E-state index in [1.54, 1.807) is 0 Å². The quantitative estimate of drug-likeness (QED) is 0.836. The Bertz CT molecular complexity index is 701. The minimum absolute atomic E-state index is 0.0708. The summed E-state index contributed by atoms with van der Waals surface area (Å²) in [7, 11) is 0. The number of ether oxygens (including phenoxy) is 1. The molecule has 5 heteroatoms. The number of nitrogen functional groups attached to an aromatic ring is 1. The number of anilines is 2. The second-order valence-corrected chi connectivity index (χ2v) is 5.87. The Morgan fingerprint density at radius 2 is 2.05 bits per heavy atom. The van der Waals surface area contributed by atoms with Crippen LogP contribution in [0.25, 0.3) is 0 Å². The molecule has 0 bridgehead atoms. The van der Waals surface area contributed by atoms with Gasteiger partial charge in [-0.25, -0.2) is 0 Å². The first-order valence-electron chi connectivity index (χ1n) is 6.71. The lowest BCUT2D eigenvalue weighted by Gasteiger charge is -2.17. The zero-order chi connectivity index (χ0) is 14.8. The summed E-state index contributed by atoms with van der Waals surface area (Å²) >= 11 is 3.37. The summed E-state index contributed by atoms with van der Waals surface area (Å²) in [6.45, 7) is 0.461. The molecule has 0 unspecified atom stereocenters. The average molecular weight is 347 g/mol. The predicted molar refractivity (Wildman–Crippen MR) is 86.3 cm³/mol. The molecule has 0 aliphatic carbocycles. The van der Waals surface area contributed by atoms with Crippen molar-refractivity contribution in [2.24, 2.45) is 0 Å². The first kappa shape index (κ1) is 13.9. The molecule has 2 aromatic rings. The molecule has 3 N–H and O–H groups in total. The van der Waals surface area contributed by atoms with Crippen LogP contribution in [0.4, 0.5) is 11.4 Å². The molecule has 0 aromatic heterocycles. The molecular formula is C16H15BrN2O2. The van der Waals surface area contributed by atoms with Gasteiger partial charge in [0.25, 0.3) is 0 Å². The van der Waals surface area contributed by atoms with Crippen molar-refractivity contribution in [3.05, 3.63) is 52.0 Å². The number of amides is 1. The number of hydrogen-bond donors (Lipinski definition) is 2. The Morgan fingerprint density at radius 3 is 2.86 bits per heavy atom. The number of aryl methyl sites for hydroxylation is 1. The molecule has 1 amide bonds. The summed E-state index contributed by atoms with van der Waals surface area (Å²) in [6, 6.07) is 11.5. The van der Waals surface area contributed by atoms with Crippen LogP contribution in [0.15, 0.2) is 40.9 Å². The molecule has 0 fully saturated rings. The molecule has 21 heavy (non-hydrogen) atoms. The lowest BCUT2D eigenvalue weighted by molar-refractivity contribution is -0.116. The Labute approximate surface area is 131 Å². The Morgan fingerprint density at radius 1 is 1.19 bits per heavy atom. The Balaban J connectivity index is 1.71. The largest absolute Gasteiger partial charge is 0.489 e. The van der Waals surface area contributed by atoms with Crippen LogP contribution in [-0.2, 0) is 17.8 Å². The fourth-order valence-electron chi connectivity index (χ4n) is 2.30. The van der Waals surface area contributed by atoms with E-state index in [0.717, 1.165) is 33.5 Å². The van der Waals surface area contributed by atoms with E-state index in [0.29, 0.717) is 18.7 Å². The Kier molecular flexibility index (Phi) is 3.84. The van der Waals surface area contributed by atoms with Crippen molar-refractivity contribution in [2.45, 2.75) is 19.4 Å². The monoisotopic (exact) mass is 346 g/mol. The van der Waals surface area contributed by atoms with Gasteiger partial charge in [-0.2, -0.15) is 0 Å². The fourth-order valence-corrected chi connectivity index (χ4v) is 2.55. The van der Waals surface area contributed by atoms with Crippen molar-refractivity contribution in [2.75, 3.05) is 11.1 Å². The van der Waals surface area contributed by atoms with E-state index >= 15 is 0 Å². The number of benzene rings is 2. The molecule has 1 heterocycles. The standard InChI is InChI=1S/C16H15BrN2O2/c17-13-4-1-10(7-14(13)18)9-21-12-3-5-15-11(8-12)2-6-16(20)19-15/h1,3-5,7-8H,2,6,9,18H2,(H,19,20). The highest BCUT2D eigenvalue weighted by Gasteiger charge is 2.15. The van der Waals surface area contributed by atoms with Gasteiger partial charge in [0.05, 0.1) is 0 Å². The topological polar surface area (TPSA) is 64.3 Å². The minimum Gasteiger partial charge on any atom is -0.489 e. The van der Waals surface area contributed by atoms with Crippen molar-refractivity contribution in [3.63, 3.8) is 0 Å². The van der Waals surface area contributed by atoms with Gasteiger partial charge in [0.1, 0.15) is 12.4 Å². The normalized spacial score (nSPS) is 13.5. The number of hydrogen-bond acceptors (Lipinski definition) is 3. The predicted octanol–water partition coefficient (Wildman–Crippen LogP) is 3.50. The summed E-state index contributed by atoms with van der Waals surface area (Å²) < 4.78 is 6.68. The van der Waals surface area contributed by atoms with Crippen molar-refractivity contribution in [1.82, 2.24) is 0 Å². The van der Waals surface area contributed by atoms with Crippen LogP contribution in [0.5, 0.6) is 5.75 Å². The second kappa shape index (κ2) is 5.77. The second-order valence-electron chi connectivity index (χ2n) is 5.01. The van der Waals surface area contributed by atoms with E-state index < -0.39 is 0 Å². The summed E-state index contributed by atoms with van der Waals surface area (Å²) in [4.78, 5) is 11.3. The molecule has 2 aromatic carbocycles. The third-order valence-electron chi connectivity index (χ3n) is 3.44. The molecule has 1 aliphatic rings. The SMILES string of the molecule is Nc1cc(COc2ccc3c(c2)CCC(=O)N3)ccc1Br. The molecule has 0 saturated heterocycles. The molecule has 0 spiro atoms. The van der Waals surface area contributed by atoms with Gasteiger partial charge < -0.3 is 15.8 Å². The van der Waals surface area contributed by atoms with E-state index in [1.165, 1.54) is 0 Å². The highest BCUT2D eigenvalue weighted by atomic mass is 79.9. The summed E-state index contributed by atoms with van der Waals surface area (Å²) in [5.41, 5.74) is 9.56. The average Bonchev–Trinajstić information content (AvgIpc) is 2.48. The molecule has 108 valence electrons. The van der Waals surface area contributed by atoms with E-state index in [-0.39, 0.29) is 5.91 Å². The molecule has 4 nitrogen and oxygen atoms in total. The highest BCUT2D eigenvalue weighted by molar-refractivity contribution is 9.10. The van der Waals surface area contributed by atoms with Crippen LogP contribution >= 0.6 is 15.9 Å². The summed E-state index contributed by atoms with van der Waals surface area (Å²) in [6.07, 6.45) is 1.28. The van der Waals surface area contributed by atoms with Crippen LogP contribution in [0.2, 0.25) is 0 Å². The van der Waals surface area contributed by atoms with E-state index in [4.69, 9.17) is 10.5 Å². The van der Waals surface area contributed by atoms with E-state index in [9.17, 15) is 4.79 Å². The van der Waals surface area contributed by atoms with Crippen molar-refractivity contribution >= 4 is 33.2 Å². The molecule has 3 rings (SSSR count). The summed E-state index contributed by atoms with van der Waals surface area (Å²) in [5, 5.41) is 2.86. The number of rotatable bonds is 3. The number of carbonyl (C=O) groups excluding carboxylic acids is 1. The lowest BCUT2D eigenvalue weighted by atomic mass is 10.0.